The Balaban J connectivity index is 2.06. The van der Waals surface area contributed by atoms with Gasteiger partial charge in [0.15, 0.2) is 0 Å². The molecule has 2 aromatic carbocycles. The van der Waals surface area contributed by atoms with E-state index in [2.05, 4.69) is 31.7 Å². The number of aryl methyl sites for hydroxylation is 1. The standard InChI is InChI=1S/C19H18ClNO/c1-3-19(22)21-11-15-10-13(2)4-9-17(15)18(12-21)14-5-7-16(20)8-6-14/h3-10,18H,1,11-12H2,2H3/t18-/m0/s1. The first-order chi connectivity index (χ1) is 10.6. The van der Waals surface area contributed by atoms with Crippen molar-refractivity contribution >= 4 is 17.5 Å². The lowest BCUT2D eigenvalue weighted by Gasteiger charge is -2.34. The van der Waals surface area contributed by atoms with Gasteiger partial charge in [0.2, 0.25) is 5.91 Å². The van der Waals surface area contributed by atoms with Crippen molar-refractivity contribution in [3.05, 3.63) is 82.4 Å². The van der Waals surface area contributed by atoms with E-state index in [1.807, 2.05) is 29.2 Å². The molecule has 0 aliphatic carbocycles. The summed E-state index contributed by atoms with van der Waals surface area (Å²) >= 11 is 6.00. The summed E-state index contributed by atoms with van der Waals surface area (Å²) in [5.74, 6) is 0.150. The minimum atomic E-state index is -0.0221. The predicted octanol–water partition coefficient (Wildman–Crippen LogP) is 4.31. The second kappa shape index (κ2) is 5.98. The van der Waals surface area contributed by atoms with Crippen molar-refractivity contribution in [3.8, 4) is 0 Å². The Morgan fingerprint density at radius 3 is 2.68 bits per heavy atom. The summed E-state index contributed by atoms with van der Waals surface area (Å²) in [5.41, 5.74) is 4.89. The van der Waals surface area contributed by atoms with Crippen molar-refractivity contribution in [1.29, 1.82) is 0 Å². The van der Waals surface area contributed by atoms with Crippen molar-refractivity contribution in [2.75, 3.05) is 6.54 Å². The van der Waals surface area contributed by atoms with E-state index in [1.54, 1.807) is 0 Å². The van der Waals surface area contributed by atoms with Crippen LogP contribution in [0.25, 0.3) is 0 Å². The molecule has 0 bridgehead atoms. The van der Waals surface area contributed by atoms with Crippen LogP contribution in [0.4, 0.5) is 0 Å². The van der Waals surface area contributed by atoms with Crippen LogP contribution in [0.1, 0.15) is 28.2 Å². The van der Waals surface area contributed by atoms with Crippen LogP contribution in [0.2, 0.25) is 5.02 Å². The van der Waals surface area contributed by atoms with Crippen LogP contribution in [0.5, 0.6) is 0 Å². The Labute approximate surface area is 136 Å². The molecule has 3 heteroatoms. The maximum Gasteiger partial charge on any atom is 0.246 e. The van der Waals surface area contributed by atoms with Gasteiger partial charge < -0.3 is 4.90 Å². The lowest BCUT2D eigenvalue weighted by Crippen LogP contribution is -2.37. The highest BCUT2D eigenvalue weighted by molar-refractivity contribution is 6.30. The summed E-state index contributed by atoms with van der Waals surface area (Å²) in [7, 11) is 0. The molecule has 0 unspecified atom stereocenters. The minimum absolute atomic E-state index is 0.0221. The van der Waals surface area contributed by atoms with Gasteiger partial charge in [-0.25, -0.2) is 0 Å². The van der Waals surface area contributed by atoms with Crippen molar-refractivity contribution in [1.82, 2.24) is 4.90 Å². The molecule has 3 rings (SSSR count). The van der Waals surface area contributed by atoms with Gasteiger partial charge in [-0.15, -0.1) is 0 Å². The molecular weight excluding hydrogens is 294 g/mol. The van der Waals surface area contributed by atoms with Crippen molar-refractivity contribution in [2.24, 2.45) is 0 Å². The second-order valence-electron chi connectivity index (χ2n) is 5.73. The molecule has 0 spiro atoms. The van der Waals surface area contributed by atoms with Crippen molar-refractivity contribution in [2.45, 2.75) is 19.4 Å². The molecule has 0 aromatic heterocycles. The molecule has 1 atom stereocenters. The number of amides is 1. The van der Waals surface area contributed by atoms with E-state index in [9.17, 15) is 4.79 Å². The molecule has 0 saturated carbocycles. The summed E-state index contributed by atoms with van der Waals surface area (Å²) in [4.78, 5) is 13.9. The van der Waals surface area contributed by atoms with E-state index in [1.165, 1.54) is 28.3 Å². The first-order valence-corrected chi connectivity index (χ1v) is 7.72. The summed E-state index contributed by atoms with van der Waals surface area (Å²) in [6.07, 6.45) is 1.39. The number of hydrogen-bond donors (Lipinski definition) is 0. The van der Waals surface area contributed by atoms with Crippen LogP contribution in [-0.4, -0.2) is 17.4 Å². The van der Waals surface area contributed by atoms with E-state index >= 15 is 0 Å². The Kier molecular flexibility index (Phi) is 4.04. The number of halogens is 1. The number of carbonyl (C=O) groups is 1. The third-order valence-electron chi connectivity index (χ3n) is 4.20. The molecule has 22 heavy (non-hydrogen) atoms. The zero-order valence-corrected chi connectivity index (χ0v) is 13.3. The number of nitrogens with zero attached hydrogens (tertiary/aromatic N) is 1. The number of benzene rings is 2. The largest absolute Gasteiger partial charge is 0.334 e. The molecule has 0 fully saturated rings. The van der Waals surface area contributed by atoms with E-state index in [4.69, 9.17) is 11.6 Å². The first kappa shape index (κ1) is 14.9. The van der Waals surface area contributed by atoms with Crippen LogP contribution >= 0.6 is 11.6 Å². The SMILES string of the molecule is C=CC(=O)N1Cc2cc(C)ccc2[C@H](c2ccc(Cl)cc2)C1. The Hall–Kier alpha value is -2.06. The number of hydrogen-bond acceptors (Lipinski definition) is 1. The summed E-state index contributed by atoms with van der Waals surface area (Å²) in [6.45, 7) is 7.00. The van der Waals surface area contributed by atoms with Crippen LogP contribution in [0, 0.1) is 6.92 Å². The van der Waals surface area contributed by atoms with Gasteiger partial charge in [0, 0.05) is 24.0 Å². The van der Waals surface area contributed by atoms with Crippen molar-refractivity contribution < 1.29 is 4.79 Å². The lowest BCUT2D eigenvalue weighted by molar-refractivity contribution is -0.127. The molecule has 1 aliphatic heterocycles. The van der Waals surface area contributed by atoms with Gasteiger partial charge in [-0.3, -0.25) is 4.79 Å². The molecule has 2 nitrogen and oxygen atoms in total. The number of rotatable bonds is 2. The fourth-order valence-corrected chi connectivity index (χ4v) is 3.20. The fourth-order valence-electron chi connectivity index (χ4n) is 3.08. The zero-order valence-electron chi connectivity index (χ0n) is 12.6. The van der Waals surface area contributed by atoms with Crippen LogP contribution in [0.3, 0.4) is 0 Å². The minimum Gasteiger partial charge on any atom is -0.334 e. The summed E-state index contributed by atoms with van der Waals surface area (Å²) in [6, 6.07) is 14.4. The Morgan fingerprint density at radius 2 is 2.00 bits per heavy atom. The summed E-state index contributed by atoms with van der Waals surface area (Å²) < 4.78 is 0. The average Bonchev–Trinajstić information content (AvgIpc) is 2.53. The van der Waals surface area contributed by atoms with Crippen LogP contribution < -0.4 is 0 Å². The van der Waals surface area contributed by atoms with E-state index < -0.39 is 0 Å². The quantitative estimate of drug-likeness (QED) is 0.757. The Bertz CT molecular complexity index is 721. The van der Waals surface area contributed by atoms with E-state index in [0.717, 1.165) is 5.02 Å². The van der Waals surface area contributed by atoms with Crippen LogP contribution in [0.15, 0.2) is 55.1 Å². The monoisotopic (exact) mass is 311 g/mol. The second-order valence-corrected chi connectivity index (χ2v) is 6.17. The predicted molar refractivity (Wildman–Crippen MR) is 90.1 cm³/mol. The molecule has 1 heterocycles. The molecule has 112 valence electrons. The van der Waals surface area contributed by atoms with Gasteiger partial charge in [0.25, 0.3) is 0 Å². The van der Waals surface area contributed by atoms with E-state index in [0.29, 0.717) is 13.1 Å². The highest BCUT2D eigenvalue weighted by atomic mass is 35.5. The first-order valence-electron chi connectivity index (χ1n) is 7.34. The fraction of sp³-hybridized carbons (Fsp3) is 0.211. The molecule has 0 N–H and O–H groups in total. The van der Waals surface area contributed by atoms with E-state index in [-0.39, 0.29) is 11.8 Å². The third kappa shape index (κ3) is 2.79. The Morgan fingerprint density at radius 1 is 1.27 bits per heavy atom. The maximum atomic E-state index is 12.1. The highest BCUT2D eigenvalue weighted by Gasteiger charge is 2.28. The smallest absolute Gasteiger partial charge is 0.246 e. The highest BCUT2D eigenvalue weighted by Crippen LogP contribution is 2.34. The lowest BCUT2D eigenvalue weighted by atomic mass is 9.84. The van der Waals surface area contributed by atoms with Crippen molar-refractivity contribution in [3.63, 3.8) is 0 Å². The topological polar surface area (TPSA) is 20.3 Å². The molecular formula is C19H18ClNO. The third-order valence-corrected chi connectivity index (χ3v) is 4.45. The van der Waals surface area contributed by atoms with Gasteiger partial charge in [0.1, 0.15) is 0 Å². The van der Waals surface area contributed by atoms with Crippen LogP contribution in [-0.2, 0) is 11.3 Å². The van der Waals surface area contributed by atoms with Gasteiger partial charge in [-0.1, -0.05) is 54.1 Å². The molecule has 1 amide bonds. The molecule has 0 saturated heterocycles. The van der Waals surface area contributed by atoms with Gasteiger partial charge in [0.05, 0.1) is 0 Å². The van der Waals surface area contributed by atoms with Gasteiger partial charge in [-0.2, -0.15) is 0 Å². The molecule has 0 radical (unpaired) electrons. The summed E-state index contributed by atoms with van der Waals surface area (Å²) in [5, 5.41) is 0.725. The molecule has 2 aromatic rings. The van der Waals surface area contributed by atoms with Gasteiger partial charge >= 0.3 is 0 Å². The molecule has 1 aliphatic rings. The van der Waals surface area contributed by atoms with Gasteiger partial charge in [-0.05, 0) is 41.8 Å². The average molecular weight is 312 g/mol. The normalized spacial score (nSPS) is 17.0. The number of carbonyl (C=O) groups excluding carboxylic acids is 1. The number of fused-ring (bicyclic) bond motifs is 1. The zero-order chi connectivity index (χ0) is 15.7. The maximum absolute atomic E-state index is 12.1.